The maximum Gasteiger partial charge on any atom is 0.250 e. The molecule has 10 heteroatoms. The van der Waals surface area contributed by atoms with Crippen LogP contribution in [0.15, 0.2) is 50.5 Å². The van der Waals surface area contributed by atoms with Crippen molar-refractivity contribution >= 4 is 10.0 Å². The van der Waals surface area contributed by atoms with Crippen molar-refractivity contribution in [3.8, 4) is 11.5 Å². The Hall–Kier alpha value is -2.59. The Morgan fingerprint density at radius 2 is 1.89 bits per heavy atom. The first kappa shape index (κ1) is 17.8. The Bertz CT molecular complexity index is 1040. The lowest BCUT2D eigenvalue weighted by molar-refractivity contribution is 0.290. The number of nitrogens with zero attached hydrogens (tertiary/aromatic N) is 3. The Morgan fingerprint density at radius 3 is 2.56 bits per heavy atom. The van der Waals surface area contributed by atoms with E-state index in [1.165, 1.54) is 16.8 Å². The fraction of sp³-hybridized carbons (Fsp3) is 0.294. The minimum Gasteiger partial charge on any atom is -0.472 e. The molecule has 1 aliphatic rings. The highest BCUT2D eigenvalue weighted by Crippen LogP contribution is 2.32. The van der Waals surface area contributed by atoms with E-state index >= 15 is 0 Å². The zero-order chi connectivity index (χ0) is 19.0. The Kier molecular flexibility index (Phi) is 4.52. The molecule has 0 N–H and O–H groups in total. The number of benzene rings is 1. The molecule has 1 aliphatic heterocycles. The second-order valence-corrected chi connectivity index (χ2v) is 8.12. The first-order valence-corrected chi connectivity index (χ1v) is 9.70. The molecule has 2 aromatic heterocycles. The fourth-order valence-corrected chi connectivity index (χ4v) is 4.58. The molecule has 0 spiro atoms. The predicted molar refractivity (Wildman–Crippen MR) is 89.1 cm³/mol. The van der Waals surface area contributed by atoms with Crippen molar-refractivity contribution in [2.45, 2.75) is 23.7 Å². The van der Waals surface area contributed by atoms with Gasteiger partial charge in [0.1, 0.15) is 22.8 Å². The first-order valence-electron chi connectivity index (χ1n) is 8.26. The smallest absolute Gasteiger partial charge is 0.250 e. The van der Waals surface area contributed by atoms with Gasteiger partial charge in [0.05, 0.1) is 11.8 Å². The van der Waals surface area contributed by atoms with Crippen LogP contribution in [0, 0.1) is 11.6 Å². The summed E-state index contributed by atoms with van der Waals surface area (Å²) in [6, 6.07) is 4.14. The summed E-state index contributed by atoms with van der Waals surface area (Å²) in [5.41, 5.74) is 0.667. The molecule has 0 unspecified atom stereocenters. The maximum atomic E-state index is 13.9. The van der Waals surface area contributed by atoms with Crippen LogP contribution in [0.25, 0.3) is 11.5 Å². The fourth-order valence-electron chi connectivity index (χ4n) is 3.07. The third kappa shape index (κ3) is 3.37. The molecule has 1 saturated heterocycles. The van der Waals surface area contributed by atoms with Crippen LogP contribution < -0.4 is 0 Å². The molecule has 0 radical (unpaired) electrons. The van der Waals surface area contributed by atoms with E-state index in [1.54, 1.807) is 6.07 Å². The number of piperidine rings is 1. The van der Waals surface area contributed by atoms with Crippen molar-refractivity contribution in [1.82, 2.24) is 14.5 Å². The maximum absolute atomic E-state index is 13.9. The number of aromatic nitrogens is 2. The summed E-state index contributed by atoms with van der Waals surface area (Å²) in [5.74, 6) is -1.25. The Balaban J connectivity index is 1.47. The number of hydrogen-bond acceptors (Lipinski definition) is 6. The number of halogens is 2. The highest BCUT2D eigenvalue weighted by Gasteiger charge is 2.33. The molecular formula is C17H15F2N3O4S. The van der Waals surface area contributed by atoms with E-state index in [0.29, 0.717) is 36.3 Å². The standard InChI is InChI=1S/C17H15F2N3O4S/c18-13-1-2-15(14(19)9-13)27(23,24)22-6-3-11(4-7-22)16-20-21-17(26-16)12-5-8-25-10-12/h1-2,5,8-11H,3-4,6-7H2. The van der Waals surface area contributed by atoms with E-state index in [4.69, 9.17) is 8.83 Å². The van der Waals surface area contributed by atoms with Crippen LogP contribution in [0.2, 0.25) is 0 Å². The van der Waals surface area contributed by atoms with E-state index in [1.807, 2.05) is 0 Å². The summed E-state index contributed by atoms with van der Waals surface area (Å²) in [4.78, 5) is -0.526. The normalized spacial score (nSPS) is 16.7. The molecule has 0 aliphatic carbocycles. The SMILES string of the molecule is O=S(=O)(c1ccc(F)cc1F)N1CCC(c2nnc(-c3ccoc3)o2)CC1. The van der Waals surface area contributed by atoms with Crippen molar-refractivity contribution in [1.29, 1.82) is 0 Å². The summed E-state index contributed by atoms with van der Waals surface area (Å²) in [6.07, 6.45) is 3.89. The molecule has 142 valence electrons. The zero-order valence-corrected chi connectivity index (χ0v) is 14.8. The number of hydrogen-bond donors (Lipinski definition) is 0. The molecule has 7 nitrogen and oxygen atoms in total. The molecule has 3 aromatic rings. The average molecular weight is 395 g/mol. The number of rotatable bonds is 4. The summed E-state index contributed by atoms with van der Waals surface area (Å²) < 4.78 is 64.0. The van der Waals surface area contributed by atoms with Gasteiger partial charge in [-0.1, -0.05) is 0 Å². The third-order valence-electron chi connectivity index (χ3n) is 4.52. The lowest BCUT2D eigenvalue weighted by atomic mass is 9.98. The Morgan fingerprint density at radius 1 is 1.11 bits per heavy atom. The molecule has 27 heavy (non-hydrogen) atoms. The molecule has 0 bridgehead atoms. The average Bonchev–Trinajstić information content (AvgIpc) is 3.33. The molecule has 4 rings (SSSR count). The van der Waals surface area contributed by atoms with Crippen LogP contribution in [-0.2, 0) is 10.0 Å². The van der Waals surface area contributed by atoms with Crippen molar-refractivity contribution in [3.05, 3.63) is 54.3 Å². The quantitative estimate of drug-likeness (QED) is 0.674. The van der Waals surface area contributed by atoms with Gasteiger partial charge < -0.3 is 8.83 Å². The molecule has 1 fully saturated rings. The van der Waals surface area contributed by atoms with Crippen LogP contribution in [0.1, 0.15) is 24.7 Å². The molecule has 0 amide bonds. The van der Waals surface area contributed by atoms with Gasteiger partial charge in [-0.2, -0.15) is 4.31 Å². The molecule has 0 saturated carbocycles. The molecule has 0 atom stereocenters. The topological polar surface area (TPSA) is 89.4 Å². The van der Waals surface area contributed by atoms with Crippen molar-refractivity contribution in [3.63, 3.8) is 0 Å². The van der Waals surface area contributed by atoms with E-state index < -0.39 is 26.6 Å². The van der Waals surface area contributed by atoms with Gasteiger partial charge in [0.15, 0.2) is 0 Å². The summed E-state index contributed by atoms with van der Waals surface area (Å²) >= 11 is 0. The van der Waals surface area contributed by atoms with E-state index in [2.05, 4.69) is 10.2 Å². The van der Waals surface area contributed by atoms with Gasteiger partial charge in [0, 0.05) is 25.1 Å². The number of furan rings is 1. The van der Waals surface area contributed by atoms with Gasteiger partial charge in [-0.05, 0) is 31.0 Å². The molecule has 3 heterocycles. The van der Waals surface area contributed by atoms with Gasteiger partial charge >= 0.3 is 0 Å². The second-order valence-electron chi connectivity index (χ2n) is 6.21. The summed E-state index contributed by atoms with van der Waals surface area (Å²) in [7, 11) is -4.03. The monoisotopic (exact) mass is 395 g/mol. The molecular weight excluding hydrogens is 380 g/mol. The van der Waals surface area contributed by atoms with Gasteiger partial charge in [0.2, 0.25) is 15.9 Å². The first-order chi connectivity index (χ1) is 12.9. The van der Waals surface area contributed by atoms with E-state index in [9.17, 15) is 17.2 Å². The van der Waals surface area contributed by atoms with Crippen LogP contribution >= 0.6 is 0 Å². The van der Waals surface area contributed by atoms with Gasteiger partial charge in [0.25, 0.3) is 5.89 Å². The van der Waals surface area contributed by atoms with Gasteiger partial charge in [-0.25, -0.2) is 17.2 Å². The third-order valence-corrected chi connectivity index (χ3v) is 6.46. The molecule has 1 aromatic carbocycles. The highest BCUT2D eigenvalue weighted by atomic mass is 32.2. The minimum absolute atomic E-state index is 0.0948. The minimum atomic E-state index is -4.03. The lowest BCUT2D eigenvalue weighted by Crippen LogP contribution is -2.38. The zero-order valence-electron chi connectivity index (χ0n) is 14.0. The lowest BCUT2D eigenvalue weighted by Gasteiger charge is -2.29. The van der Waals surface area contributed by atoms with Crippen molar-refractivity contribution < 1.29 is 26.0 Å². The van der Waals surface area contributed by atoms with Crippen molar-refractivity contribution in [2.75, 3.05) is 13.1 Å². The van der Waals surface area contributed by atoms with Crippen LogP contribution in [0.3, 0.4) is 0 Å². The Labute approximate surface area is 153 Å². The number of sulfonamides is 1. The van der Waals surface area contributed by atoms with Crippen LogP contribution in [0.4, 0.5) is 8.78 Å². The highest BCUT2D eigenvalue weighted by molar-refractivity contribution is 7.89. The predicted octanol–water partition coefficient (Wildman–Crippen LogP) is 3.18. The van der Waals surface area contributed by atoms with Crippen molar-refractivity contribution in [2.24, 2.45) is 0 Å². The second kappa shape index (κ2) is 6.86. The van der Waals surface area contributed by atoms with Crippen LogP contribution in [0.5, 0.6) is 0 Å². The van der Waals surface area contributed by atoms with Crippen LogP contribution in [-0.4, -0.2) is 36.0 Å². The van der Waals surface area contributed by atoms with Gasteiger partial charge in [-0.3, -0.25) is 0 Å². The van der Waals surface area contributed by atoms with E-state index in [0.717, 1.165) is 12.1 Å². The van der Waals surface area contributed by atoms with Gasteiger partial charge in [-0.15, -0.1) is 10.2 Å². The summed E-state index contributed by atoms with van der Waals surface area (Å²) in [6.45, 7) is 0.348. The largest absolute Gasteiger partial charge is 0.472 e. The van der Waals surface area contributed by atoms with E-state index in [-0.39, 0.29) is 19.0 Å². The summed E-state index contributed by atoms with van der Waals surface area (Å²) in [5, 5.41) is 8.01.